The van der Waals surface area contributed by atoms with Crippen LogP contribution in [0.25, 0.3) is 10.9 Å². The van der Waals surface area contributed by atoms with Crippen molar-refractivity contribution in [1.29, 1.82) is 0 Å². The summed E-state index contributed by atoms with van der Waals surface area (Å²) in [6.07, 6.45) is 3.50. The van der Waals surface area contributed by atoms with E-state index in [4.69, 9.17) is 4.74 Å². The zero-order valence-electron chi connectivity index (χ0n) is 18.1. The standard InChI is InChI=1S/C21H28N4O6S/c1-23-18-7-6-16(32(29,30)22-14-15-5-4-12-31-15)13-17(18)20(27)25(21(23)28)11-8-19(26)24-9-2-3-10-24/h6-7,13,15,22H,2-5,8-12,14H2,1H3/t15-/m1/s1. The molecule has 1 aromatic carbocycles. The van der Waals surface area contributed by atoms with Crippen molar-refractivity contribution >= 4 is 26.8 Å². The second kappa shape index (κ2) is 9.16. The van der Waals surface area contributed by atoms with Crippen LogP contribution in [0.3, 0.4) is 0 Å². The van der Waals surface area contributed by atoms with Crippen molar-refractivity contribution in [3.05, 3.63) is 39.0 Å². The van der Waals surface area contributed by atoms with Gasteiger partial charge in [-0.3, -0.25) is 18.7 Å². The minimum absolute atomic E-state index is 0.0432. The average molecular weight is 465 g/mol. The first-order chi connectivity index (χ1) is 15.3. The second-order valence-corrected chi connectivity index (χ2v) is 10.1. The quantitative estimate of drug-likeness (QED) is 0.624. The molecule has 2 aliphatic heterocycles. The Bertz CT molecular complexity index is 1240. The summed E-state index contributed by atoms with van der Waals surface area (Å²) < 4.78 is 35.8. The molecule has 4 rings (SSSR count). The highest BCUT2D eigenvalue weighted by molar-refractivity contribution is 7.89. The number of hydrogen-bond donors (Lipinski definition) is 1. The monoisotopic (exact) mass is 464 g/mol. The second-order valence-electron chi connectivity index (χ2n) is 8.30. The Morgan fingerprint density at radius 3 is 2.62 bits per heavy atom. The number of sulfonamides is 1. The topological polar surface area (TPSA) is 120 Å². The maximum absolute atomic E-state index is 13.1. The van der Waals surface area contributed by atoms with Crippen LogP contribution in [-0.2, 0) is 33.1 Å². The van der Waals surface area contributed by atoms with E-state index in [-0.39, 0.29) is 41.8 Å². The van der Waals surface area contributed by atoms with Gasteiger partial charge in [0, 0.05) is 46.3 Å². The molecule has 1 N–H and O–H groups in total. The molecule has 0 bridgehead atoms. The van der Waals surface area contributed by atoms with Crippen LogP contribution in [0.5, 0.6) is 0 Å². The predicted octanol–water partition coefficient (Wildman–Crippen LogP) is 0.170. The highest BCUT2D eigenvalue weighted by Gasteiger charge is 2.22. The molecule has 2 fully saturated rings. The lowest BCUT2D eigenvalue weighted by atomic mass is 10.2. The molecule has 2 aliphatic rings. The summed E-state index contributed by atoms with van der Waals surface area (Å²) >= 11 is 0. The lowest BCUT2D eigenvalue weighted by Crippen LogP contribution is -2.40. The predicted molar refractivity (Wildman–Crippen MR) is 118 cm³/mol. The number of ether oxygens (including phenoxy) is 1. The normalized spacial score (nSPS) is 19.2. The van der Waals surface area contributed by atoms with Gasteiger partial charge in [-0.2, -0.15) is 0 Å². The highest BCUT2D eigenvalue weighted by Crippen LogP contribution is 2.17. The molecule has 3 heterocycles. The fraction of sp³-hybridized carbons (Fsp3) is 0.571. The number of nitrogens with zero attached hydrogens (tertiary/aromatic N) is 3. The van der Waals surface area contributed by atoms with Crippen molar-refractivity contribution < 1.29 is 17.9 Å². The first-order valence-electron chi connectivity index (χ1n) is 10.9. The van der Waals surface area contributed by atoms with Gasteiger partial charge in [0.1, 0.15) is 0 Å². The number of likely N-dealkylation sites (tertiary alicyclic amines) is 1. The number of fused-ring (bicyclic) bond motifs is 1. The van der Waals surface area contributed by atoms with Crippen LogP contribution in [0.4, 0.5) is 0 Å². The number of rotatable bonds is 7. The Labute approximate surface area is 185 Å². The fourth-order valence-electron chi connectivity index (χ4n) is 4.28. The lowest BCUT2D eigenvalue weighted by molar-refractivity contribution is -0.130. The third kappa shape index (κ3) is 4.50. The van der Waals surface area contributed by atoms with Gasteiger partial charge in [0.25, 0.3) is 5.56 Å². The zero-order valence-corrected chi connectivity index (χ0v) is 18.9. The van der Waals surface area contributed by atoms with Crippen LogP contribution in [0.1, 0.15) is 32.1 Å². The van der Waals surface area contributed by atoms with Gasteiger partial charge in [-0.25, -0.2) is 17.9 Å². The van der Waals surface area contributed by atoms with Gasteiger partial charge in [-0.15, -0.1) is 0 Å². The number of amides is 1. The summed E-state index contributed by atoms with van der Waals surface area (Å²) in [4.78, 5) is 39.8. The Hall–Kier alpha value is -2.50. The SMILES string of the molecule is Cn1c(=O)n(CCC(=O)N2CCCC2)c(=O)c2cc(S(=O)(=O)NC[C@H]3CCCO3)ccc21. The van der Waals surface area contributed by atoms with E-state index >= 15 is 0 Å². The van der Waals surface area contributed by atoms with E-state index in [1.54, 1.807) is 4.90 Å². The largest absolute Gasteiger partial charge is 0.377 e. The maximum atomic E-state index is 13.1. The number of carbonyl (C=O) groups excluding carboxylic acids is 1. The number of carbonyl (C=O) groups is 1. The minimum atomic E-state index is -3.85. The van der Waals surface area contributed by atoms with Crippen LogP contribution in [-0.4, -0.2) is 60.7 Å². The molecular weight excluding hydrogens is 436 g/mol. The average Bonchev–Trinajstić information content (AvgIpc) is 3.50. The van der Waals surface area contributed by atoms with E-state index in [1.165, 1.54) is 29.8 Å². The van der Waals surface area contributed by atoms with E-state index in [0.717, 1.165) is 30.3 Å². The molecule has 0 aliphatic carbocycles. The minimum Gasteiger partial charge on any atom is -0.377 e. The first kappa shape index (κ1) is 22.7. The molecule has 11 heteroatoms. The van der Waals surface area contributed by atoms with Crippen LogP contribution < -0.4 is 16.0 Å². The third-order valence-corrected chi connectivity index (χ3v) is 7.59. The van der Waals surface area contributed by atoms with Crippen LogP contribution >= 0.6 is 0 Å². The fourth-order valence-corrected chi connectivity index (χ4v) is 5.38. The molecule has 0 unspecified atom stereocenters. The van der Waals surface area contributed by atoms with Gasteiger partial charge in [-0.1, -0.05) is 0 Å². The maximum Gasteiger partial charge on any atom is 0.331 e. The van der Waals surface area contributed by atoms with E-state index in [1.807, 2.05) is 0 Å². The molecule has 1 amide bonds. The third-order valence-electron chi connectivity index (χ3n) is 6.17. The molecule has 1 aromatic heterocycles. The van der Waals surface area contributed by atoms with E-state index in [9.17, 15) is 22.8 Å². The lowest BCUT2D eigenvalue weighted by Gasteiger charge is -2.16. The molecule has 2 saturated heterocycles. The van der Waals surface area contributed by atoms with E-state index < -0.39 is 21.3 Å². The van der Waals surface area contributed by atoms with Crippen molar-refractivity contribution in [2.24, 2.45) is 7.05 Å². The number of hydrogen-bond acceptors (Lipinski definition) is 6. The Morgan fingerprint density at radius 1 is 1.19 bits per heavy atom. The molecule has 2 aromatic rings. The molecule has 32 heavy (non-hydrogen) atoms. The number of benzene rings is 1. The van der Waals surface area contributed by atoms with E-state index in [0.29, 0.717) is 25.2 Å². The number of aryl methyl sites for hydroxylation is 1. The van der Waals surface area contributed by atoms with Gasteiger partial charge in [0.2, 0.25) is 15.9 Å². The van der Waals surface area contributed by atoms with Crippen molar-refractivity contribution in [3.8, 4) is 0 Å². The van der Waals surface area contributed by atoms with Gasteiger partial charge < -0.3 is 9.64 Å². The van der Waals surface area contributed by atoms with Gasteiger partial charge in [-0.05, 0) is 43.9 Å². The molecule has 0 radical (unpaired) electrons. The molecular formula is C21H28N4O6S. The smallest absolute Gasteiger partial charge is 0.331 e. The molecule has 0 spiro atoms. The number of nitrogens with one attached hydrogen (secondary N) is 1. The Balaban J connectivity index is 1.62. The summed E-state index contributed by atoms with van der Waals surface area (Å²) in [7, 11) is -2.33. The molecule has 10 nitrogen and oxygen atoms in total. The van der Waals surface area contributed by atoms with Crippen LogP contribution in [0.15, 0.2) is 32.7 Å². The van der Waals surface area contributed by atoms with Crippen molar-refractivity contribution in [2.45, 2.75) is 49.6 Å². The first-order valence-corrected chi connectivity index (χ1v) is 12.4. The van der Waals surface area contributed by atoms with Crippen molar-refractivity contribution in [2.75, 3.05) is 26.2 Å². The van der Waals surface area contributed by atoms with Crippen LogP contribution in [0.2, 0.25) is 0 Å². The number of aromatic nitrogens is 2. The van der Waals surface area contributed by atoms with Gasteiger partial charge in [0.15, 0.2) is 0 Å². The summed E-state index contributed by atoms with van der Waals surface area (Å²) in [5.41, 5.74) is -0.808. The van der Waals surface area contributed by atoms with Crippen molar-refractivity contribution in [3.63, 3.8) is 0 Å². The summed E-state index contributed by atoms with van der Waals surface area (Å²) in [6, 6.07) is 4.12. The van der Waals surface area contributed by atoms with Gasteiger partial charge >= 0.3 is 5.69 Å². The summed E-state index contributed by atoms with van der Waals surface area (Å²) in [5, 5.41) is 0.112. The van der Waals surface area contributed by atoms with Gasteiger partial charge in [0.05, 0.1) is 21.9 Å². The molecule has 174 valence electrons. The van der Waals surface area contributed by atoms with Crippen LogP contribution in [0, 0.1) is 0 Å². The summed E-state index contributed by atoms with van der Waals surface area (Å²) in [5.74, 6) is -0.0915. The molecule has 0 saturated carbocycles. The highest BCUT2D eigenvalue weighted by atomic mass is 32.2. The summed E-state index contributed by atoms with van der Waals surface area (Å²) in [6.45, 7) is 2.13. The molecule has 1 atom stereocenters. The van der Waals surface area contributed by atoms with E-state index in [2.05, 4.69) is 4.72 Å². The Kier molecular flexibility index (Phi) is 6.50. The zero-order chi connectivity index (χ0) is 22.9. The van der Waals surface area contributed by atoms with Crippen molar-refractivity contribution in [1.82, 2.24) is 18.8 Å². The Morgan fingerprint density at radius 2 is 1.94 bits per heavy atom.